The third kappa shape index (κ3) is 2.40. The van der Waals surface area contributed by atoms with E-state index in [1.165, 1.54) is 0 Å². The molecule has 0 saturated heterocycles. The zero-order chi connectivity index (χ0) is 11.6. The Kier molecular flexibility index (Phi) is 3.92. The van der Waals surface area contributed by atoms with Crippen LogP contribution in [0.2, 0.25) is 5.15 Å². The van der Waals surface area contributed by atoms with Gasteiger partial charge in [-0.25, -0.2) is 13.8 Å². The highest BCUT2D eigenvalue weighted by atomic mass is 79.9. The Labute approximate surface area is 96.5 Å². The molecule has 0 unspecified atom stereocenters. The summed E-state index contributed by atoms with van der Waals surface area (Å²) in [6.07, 6.45) is -1.87. The van der Waals surface area contributed by atoms with Crippen molar-refractivity contribution in [3.05, 3.63) is 32.6 Å². The minimum absolute atomic E-state index is 0.0533. The summed E-state index contributed by atoms with van der Waals surface area (Å²) in [5.41, 5.74) is -1.46. The van der Waals surface area contributed by atoms with Crippen LogP contribution in [-0.2, 0) is 5.33 Å². The Bertz CT molecular complexity index is 403. The van der Waals surface area contributed by atoms with Crippen molar-refractivity contribution >= 4 is 33.2 Å². The average Bonchev–Trinajstić information content (AvgIpc) is 2.16. The van der Waals surface area contributed by atoms with Crippen molar-refractivity contribution < 1.29 is 13.7 Å². The molecule has 4 nitrogen and oxygen atoms in total. The van der Waals surface area contributed by atoms with Gasteiger partial charge in [-0.15, -0.1) is 0 Å². The maximum Gasteiger partial charge on any atom is 0.315 e. The van der Waals surface area contributed by atoms with E-state index in [1.807, 2.05) is 0 Å². The Morgan fingerprint density at radius 3 is 2.67 bits per heavy atom. The van der Waals surface area contributed by atoms with Gasteiger partial charge in [0.2, 0.25) is 5.15 Å². The molecule has 8 heteroatoms. The van der Waals surface area contributed by atoms with Gasteiger partial charge in [0.15, 0.2) is 0 Å². The van der Waals surface area contributed by atoms with Gasteiger partial charge in [0, 0.05) is 11.5 Å². The second-order valence-electron chi connectivity index (χ2n) is 2.53. The third-order valence-corrected chi connectivity index (χ3v) is 2.56. The Balaban J connectivity index is 3.51. The molecule has 1 rings (SSSR count). The highest BCUT2D eigenvalue weighted by Crippen LogP contribution is 2.36. The van der Waals surface area contributed by atoms with Crippen LogP contribution in [0.15, 0.2) is 6.20 Å². The topological polar surface area (TPSA) is 56.0 Å². The van der Waals surface area contributed by atoms with Gasteiger partial charge in [0.05, 0.1) is 4.92 Å². The van der Waals surface area contributed by atoms with E-state index < -0.39 is 27.8 Å². The molecule has 0 radical (unpaired) electrons. The Hall–Kier alpha value is -0.820. The van der Waals surface area contributed by atoms with Gasteiger partial charge >= 0.3 is 5.69 Å². The van der Waals surface area contributed by atoms with Crippen molar-refractivity contribution in [2.45, 2.75) is 11.8 Å². The lowest BCUT2D eigenvalue weighted by Gasteiger charge is -2.07. The summed E-state index contributed by atoms with van der Waals surface area (Å²) in [5, 5.41) is 10.1. The number of pyridine rings is 1. The Morgan fingerprint density at radius 1 is 1.67 bits per heavy atom. The van der Waals surface area contributed by atoms with E-state index >= 15 is 0 Å². The fourth-order valence-electron chi connectivity index (χ4n) is 1.05. The van der Waals surface area contributed by atoms with Crippen molar-refractivity contribution in [3.8, 4) is 0 Å². The van der Waals surface area contributed by atoms with Crippen LogP contribution in [-0.4, -0.2) is 9.91 Å². The number of nitro groups is 1. The highest BCUT2D eigenvalue weighted by molar-refractivity contribution is 9.08. The molecular formula is C7H4BrClF2N2O2. The first kappa shape index (κ1) is 12.3. The molecule has 0 atom stereocenters. The minimum atomic E-state index is -2.96. The number of aromatic nitrogens is 1. The van der Waals surface area contributed by atoms with E-state index in [2.05, 4.69) is 20.9 Å². The first-order valence-electron chi connectivity index (χ1n) is 3.64. The molecule has 0 fully saturated rings. The van der Waals surface area contributed by atoms with E-state index in [0.29, 0.717) is 0 Å². The van der Waals surface area contributed by atoms with Crippen LogP contribution >= 0.6 is 27.5 Å². The van der Waals surface area contributed by atoms with E-state index in [4.69, 9.17) is 11.6 Å². The maximum atomic E-state index is 12.6. The average molecular weight is 301 g/mol. The predicted molar refractivity (Wildman–Crippen MR) is 53.5 cm³/mol. The van der Waals surface area contributed by atoms with Crippen LogP contribution < -0.4 is 0 Å². The molecule has 0 spiro atoms. The summed E-state index contributed by atoms with van der Waals surface area (Å²) in [7, 11) is 0. The number of alkyl halides is 3. The standard InChI is InChI=1S/C7H4BrClF2N2O2/c8-1-3-2-12-6(9)5(13(14)15)4(3)7(10)11/h2,7H,1H2. The molecule has 0 aromatic carbocycles. The SMILES string of the molecule is O=[N+]([O-])c1c(Cl)ncc(CBr)c1C(F)F. The van der Waals surface area contributed by atoms with E-state index in [1.54, 1.807) is 0 Å². The quantitative estimate of drug-likeness (QED) is 0.372. The number of nitrogens with zero attached hydrogens (tertiary/aromatic N) is 2. The zero-order valence-corrected chi connectivity index (χ0v) is 9.43. The lowest BCUT2D eigenvalue weighted by Crippen LogP contribution is -2.02. The van der Waals surface area contributed by atoms with Crippen LogP contribution in [0.1, 0.15) is 17.6 Å². The molecule has 1 aromatic rings. The van der Waals surface area contributed by atoms with Crippen molar-refractivity contribution in [1.29, 1.82) is 0 Å². The number of hydrogen-bond acceptors (Lipinski definition) is 3. The van der Waals surface area contributed by atoms with Crippen LogP contribution in [0.4, 0.5) is 14.5 Å². The summed E-state index contributed by atoms with van der Waals surface area (Å²) >= 11 is 8.34. The Morgan fingerprint density at radius 2 is 2.27 bits per heavy atom. The lowest BCUT2D eigenvalue weighted by molar-refractivity contribution is -0.386. The molecule has 1 heterocycles. The molecule has 0 N–H and O–H groups in total. The number of rotatable bonds is 3. The molecule has 0 bridgehead atoms. The van der Waals surface area contributed by atoms with Gasteiger partial charge in [-0.2, -0.15) is 0 Å². The van der Waals surface area contributed by atoms with Gasteiger partial charge in [0.1, 0.15) is 5.56 Å². The van der Waals surface area contributed by atoms with Crippen LogP contribution in [0, 0.1) is 10.1 Å². The first-order chi connectivity index (χ1) is 6.99. The maximum absolute atomic E-state index is 12.6. The molecule has 15 heavy (non-hydrogen) atoms. The van der Waals surface area contributed by atoms with Crippen molar-refractivity contribution in [2.24, 2.45) is 0 Å². The molecule has 0 aliphatic rings. The lowest BCUT2D eigenvalue weighted by atomic mass is 10.1. The number of hydrogen-bond donors (Lipinski definition) is 0. The van der Waals surface area contributed by atoms with E-state index in [0.717, 1.165) is 6.20 Å². The normalized spacial score (nSPS) is 10.7. The van der Waals surface area contributed by atoms with Gasteiger partial charge in [-0.05, 0) is 5.56 Å². The summed E-state index contributed by atoms with van der Waals surface area (Å²) in [4.78, 5) is 13.1. The van der Waals surface area contributed by atoms with Crippen LogP contribution in [0.3, 0.4) is 0 Å². The second kappa shape index (κ2) is 4.80. The molecule has 0 saturated carbocycles. The summed E-state index contributed by atoms with van der Waals surface area (Å²) in [5.74, 6) is 0. The van der Waals surface area contributed by atoms with Crippen LogP contribution in [0.5, 0.6) is 0 Å². The van der Waals surface area contributed by atoms with Crippen molar-refractivity contribution in [2.75, 3.05) is 0 Å². The van der Waals surface area contributed by atoms with Crippen molar-refractivity contribution in [1.82, 2.24) is 4.98 Å². The highest BCUT2D eigenvalue weighted by Gasteiger charge is 2.29. The molecule has 0 aliphatic carbocycles. The summed E-state index contributed by atoms with van der Waals surface area (Å²) in [6.45, 7) is 0. The largest absolute Gasteiger partial charge is 0.315 e. The van der Waals surface area contributed by atoms with Gasteiger partial charge in [-0.3, -0.25) is 10.1 Å². The van der Waals surface area contributed by atoms with Gasteiger partial charge in [0.25, 0.3) is 6.43 Å². The zero-order valence-electron chi connectivity index (χ0n) is 7.08. The van der Waals surface area contributed by atoms with Gasteiger partial charge < -0.3 is 0 Å². The van der Waals surface area contributed by atoms with E-state index in [-0.39, 0.29) is 10.9 Å². The first-order valence-corrected chi connectivity index (χ1v) is 5.14. The molecular weight excluding hydrogens is 297 g/mol. The fraction of sp³-hybridized carbons (Fsp3) is 0.286. The molecule has 82 valence electrons. The summed E-state index contributed by atoms with van der Waals surface area (Å²) < 4.78 is 25.2. The predicted octanol–water partition coefficient (Wildman–Crippen LogP) is 3.48. The van der Waals surface area contributed by atoms with Crippen LogP contribution in [0.25, 0.3) is 0 Å². The monoisotopic (exact) mass is 300 g/mol. The fourth-order valence-corrected chi connectivity index (χ4v) is 1.72. The minimum Gasteiger partial charge on any atom is -0.258 e. The van der Waals surface area contributed by atoms with Gasteiger partial charge in [-0.1, -0.05) is 27.5 Å². The number of halogens is 4. The second-order valence-corrected chi connectivity index (χ2v) is 3.45. The molecule has 1 aromatic heterocycles. The smallest absolute Gasteiger partial charge is 0.258 e. The third-order valence-electron chi connectivity index (χ3n) is 1.67. The summed E-state index contributed by atoms with van der Waals surface area (Å²) in [6, 6.07) is 0. The molecule has 0 amide bonds. The van der Waals surface area contributed by atoms with Crippen molar-refractivity contribution in [3.63, 3.8) is 0 Å². The van der Waals surface area contributed by atoms with E-state index in [9.17, 15) is 18.9 Å². The molecule has 0 aliphatic heterocycles.